The van der Waals surface area contributed by atoms with E-state index in [0.717, 1.165) is 6.54 Å². The molecule has 1 saturated heterocycles. The van der Waals surface area contributed by atoms with Crippen LogP contribution in [-0.4, -0.2) is 22.9 Å². The lowest BCUT2D eigenvalue weighted by atomic mass is 9.78. The van der Waals surface area contributed by atoms with Crippen molar-refractivity contribution in [3.05, 3.63) is 0 Å². The van der Waals surface area contributed by atoms with Gasteiger partial charge in [0.1, 0.15) is 0 Å². The highest BCUT2D eigenvalue weighted by atomic mass is 16.5. The van der Waals surface area contributed by atoms with E-state index in [1.54, 1.807) is 0 Å². The summed E-state index contributed by atoms with van der Waals surface area (Å²) in [5.41, 5.74) is 0.328. The maximum Gasteiger partial charge on any atom is 0.0386 e. The van der Waals surface area contributed by atoms with Crippen molar-refractivity contribution in [1.29, 1.82) is 0 Å². The van der Waals surface area contributed by atoms with Gasteiger partial charge in [0, 0.05) is 12.6 Å². The van der Waals surface area contributed by atoms with Crippen LogP contribution in [0.3, 0.4) is 0 Å². The van der Waals surface area contributed by atoms with E-state index in [9.17, 15) is 0 Å². The van der Waals surface area contributed by atoms with Gasteiger partial charge in [0.05, 0.1) is 0 Å². The van der Waals surface area contributed by atoms with Crippen molar-refractivity contribution >= 4 is 0 Å². The van der Waals surface area contributed by atoms with Crippen LogP contribution in [0.4, 0.5) is 0 Å². The Labute approximate surface area is 50.1 Å². The van der Waals surface area contributed by atoms with Gasteiger partial charge in [0.2, 0.25) is 0 Å². The number of rotatable bonds is 0. The number of hydrogen-bond donors (Lipinski definition) is 1. The Morgan fingerprint density at radius 2 is 2.12 bits per heavy atom. The Bertz CT molecular complexity index is 101. The second kappa shape index (κ2) is 1.45. The maximum absolute atomic E-state index is 8.89. The molecule has 1 aliphatic heterocycles. The Morgan fingerprint density at radius 1 is 1.62 bits per heavy atom. The van der Waals surface area contributed by atoms with Gasteiger partial charge in [0.15, 0.2) is 0 Å². The summed E-state index contributed by atoms with van der Waals surface area (Å²) in [6.45, 7) is 7.16. The topological polar surface area (TPSA) is 23.5 Å². The van der Waals surface area contributed by atoms with Crippen LogP contribution in [0.25, 0.3) is 0 Å². The van der Waals surface area contributed by atoms with Crippen LogP contribution in [-0.2, 0) is 0 Å². The zero-order valence-electron chi connectivity index (χ0n) is 5.68. The zero-order chi connectivity index (χ0) is 6.36. The van der Waals surface area contributed by atoms with Crippen molar-refractivity contribution < 1.29 is 5.21 Å². The molecule has 0 aromatic carbocycles. The lowest BCUT2D eigenvalue weighted by molar-refractivity contribution is -0.238. The summed E-state index contributed by atoms with van der Waals surface area (Å²) in [5.74, 6) is 0. The monoisotopic (exact) mass is 115 g/mol. The smallest absolute Gasteiger partial charge is 0.0386 e. The Hall–Kier alpha value is -0.0800. The molecule has 0 aromatic rings. The molecule has 0 saturated carbocycles. The predicted octanol–water partition coefficient (Wildman–Crippen LogP) is 1.11. The Morgan fingerprint density at radius 3 is 2.12 bits per heavy atom. The molecule has 1 fully saturated rings. The van der Waals surface area contributed by atoms with Crippen LogP contribution in [0.2, 0.25) is 0 Å². The van der Waals surface area contributed by atoms with Gasteiger partial charge in [0.25, 0.3) is 0 Å². The average molecular weight is 115 g/mol. The van der Waals surface area contributed by atoms with Crippen LogP contribution >= 0.6 is 0 Å². The first kappa shape index (κ1) is 6.05. The van der Waals surface area contributed by atoms with Gasteiger partial charge < -0.3 is 5.21 Å². The number of nitrogens with zero attached hydrogens (tertiary/aromatic N) is 1. The van der Waals surface area contributed by atoms with Crippen molar-refractivity contribution in [2.75, 3.05) is 6.54 Å². The minimum absolute atomic E-state index is 0.328. The third-order valence-electron chi connectivity index (χ3n) is 2.15. The molecular formula is C6H13NO. The fourth-order valence-corrected chi connectivity index (χ4v) is 0.978. The molecule has 2 nitrogen and oxygen atoms in total. The number of hydroxylamine groups is 2. The molecule has 1 heterocycles. The minimum Gasteiger partial charge on any atom is -0.314 e. The van der Waals surface area contributed by atoms with Gasteiger partial charge in [-0.2, -0.15) is 5.06 Å². The molecule has 0 bridgehead atoms. The fraction of sp³-hybridized carbons (Fsp3) is 1.00. The molecule has 1 aliphatic rings. The summed E-state index contributed by atoms with van der Waals surface area (Å²) >= 11 is 0. The Kier molecular flexibility index (Phi) is 1.10. The van der Waals surface area contributed by atoms with Crippen LogP contribution in [0.5, 0.6) is 0 Å². The fourth-order valence-electron chi connectivity index (χ4n) is 0.978. The highest BCUT2D eigenvalue weighted by Gasteiger charge is 2.41. The second-order valence-corrected chi connectivity index (χ2v) is 3.26. The molecule has 1 atom stereocenters. The second-order valence-electron chi connectivity index (χ2n) is 3.26. The molecule has 1 rings (SSSR count). The maximum atomic E-state index is 8.89. The lowest BCUT2D eigenvalue weighted by Crippen LogP contribution is -2.58. The molecule has 0 amide bonds. The molecule has 0 aromatic heterocycles. The molecule has 1 unspecified atom stereocenters. The average Bonchev–Trinajstić information content (AvgIpc) is 1.65. The first-order chi connectivity index (χ1) is 3.54. The minimum atomic E-state index is 0.328. The van der Waals surface area contributed by atoms with E-state index in [1.807, 2.05) is 6.92 Å². The van der Waals surface area contributed by atoms with E-state index in [-0.39, 0.29) is 0 Å². The summed E-state index contributed by atoms with van der Waals surface area (Å²) in [6.07, 6.45) is 0. The van der Waals surface area contributed by atoms with Crippen molar-refractivity contribution in [2.24, 2.45) is 5.41 Å². The summed E-state index contributed by atoms with van der Waals surface area (Å²) in [7, 11) is 0. The quantitative estimate of drug-likeness (QED) is 0.511. The van der Waals surface area contributed by atoms with Crippen molar-refractivity contribution in [1.82, 2.24) is 5.06 Å². The molecule has 8 heavy (non-hydrogen) atoms. The van der Waals surface area contributed by atoms with Crippen LogP contribution < -0.4 is 0 Å². The normalized spacial score (nSPS) is 36.8. The third kappa shape index (κ3) is 0.644. The molecule has 0 aliphatic carbocycles. The van der Waals surface area contributed by atoms with Gasteiger partial charge in [-0.1, -0.05) is 13.8 Å². The van der Waals surface area contributed by atoms with Crippen LogP contribution in [0.1, 0.15) is 20.8 Å². The standard InChI is InChI=1S/C6H13NO/c1-5-6(2,3)4-7(5)8/h5,8H,4H2,1-3H3. The first-order valence-corrected chi connectivity index (χ1v) is 2.99. The lowest BCUT2D eigenvalue weighted by Gasteiger charge is -2.48. The molecule has 1 N–H and O–H groups in total. The predicted molar refractivity (Wildman–Crippen MR) is 31.7 cm³/mol. The van der Waals surface area contributed by atoms with Gasteiger partial charge in [-0.15, -0.1) is 0 Å². The zero-order valence-corrected chi connectivity index (χ0v) is 5.68. The van der Waals surface area contributed by atoms with Crippen molar-refractivity contribution in [2.45, 2.75) is 26.8 Å². The summed E-state index contributed by atoms with van der Waals surface area (Å²) in [4.78, 5) is 0. The molecule has 2 heteroatoms. The van der Waals surface area contributed by atoms with E-state index in [2.05, 4.69) is 13.8 Å². The highest BCUT2D eigenvalue weighted by molar-refractivity contribution is 4.91. The van der Waals surface area contributed by atoms with E-state index < -0.39 is 0 Å². The van der Waals surface area contributed by atoms with E-state index >= 15 is 0 Å². The molecular weight excluding hydrogens is 102 g/mol. The largest absolute Gasteiger partial charge is 0.314 e. The van der Waals surface area contributed by atoms with E-state index in [4.69, 9.17) is 5.21 Å². The van der Waals surface area contributed by atoms with Crippen LogP contribution in [0, 0.1) is 5.41 Å². The van der Waals surface area contributed by atoms with E-state index in [0.29, 0.717) is 11.5 Å². The van der Waals surface area contributed by atoms with E-state index in [1.165, 1.54) is 5.06 Å². The van der Waals surface area contributed by atoms with Crippen LogP contribution in [0.15, 0.2) is 0 Å². The van der Waals surface area contributed by atoms with Gasteiger partial charge in [-0.05, 0) is 12.3 Å². The summed E-state index contributed by atoms with van der Waals surface area (Å²) in [6, 6.07) is 0.336. The van der Waals surface area contributed by atoms with Gasteiger partial charge in [-0.25, -0.2) is 0 Å². The van der Waals surface area contributed by atoms with Crippen molar-refractivity contribution in [3.8, 4) is 0 Å². The van der Waals surface area contributed by atoms with Gasteiger partial charge >= 0.3 is 0 Å². The molecule has 0 radical (unpaired) electrons. The highest BCUT2D eigenvalue weighted by Crippen LogP contribution is 2.34. The summed E-state index contributed by atoms with van der Waals surface area (Å²) < 4.78 is 0. The first-order valence-electron chi connectivity index (χ1n) is 2.99. The summed E-state index contributed by atoms with van der Waals surface area (Å²) in [5, 5.41) is 10.3. The SMILES string of the molecule is CC1N(O)CC1(C)C. The van der Waals surface area contributed by atoms with Gasteiger partial charge in [-0.3, -0.25) is 0 Å². The third-order valence-corrected chi connectivity index (χ3v) is 2.15. The Balaban J connectivity index is 2.47. The number of hydrogen-bond acceptors (Lipinski definition) is 2. The molecule has 48 valence electrons. The van der Waals surface area contributed by atoms with Crippen molar-refractivity contribution in [3.63, 3.8) is 0 Å². The molecule has 0 spiro atoms.